The lowest BCUT2D eigenvalue weighted by Crippen LogP contribution is -2.21. The Morgan fingerprint density at radius 2 is 1.96 bits per heavy atom. The Hall–Kier alpha value is -2.86. The minimum absolute atomic E-state index is 0.0110. The van der Waals surface area contributed by atoms with Crippen molar-refractivity contribution < 1.29 is 23.1 Å². The Morgan fingerprint density at radius 1 is 1.17 bits per heavy atom. The molecule has 2 aromatic carbocycles. The molecule has 0 aliphatic carbocycles. The number of rotatable bonds is 4. The molecule has 1 aromatic heterocycles. The molecular formula is C17H11ClFNO4. The number of hydrogen-bond donors (Lipinski definition) is 1. The molecule has 0 fully saturated rings. The van der Waals surface area contributed by atoms with Crippen LogP contribution in [0.1, 0.15) is 10.6 Å². The van der Waals surface area contributed by atoms with E-state index in [9.17, 15) is 14.0 Å². The maximum atomic E-state index is 13.4. The Morgan fingerprint density at radius 3 is 2.75 bits per heavy atom. The molecule has 0 saturated carbocycles. The monoisotopic (exact) mass is 347 g/mol. The van der Waals surface area contributed by atoms with Gasteiger partial charge in [-0.25, -0.2) is 9.18 Å². The third-order valence-electron chi connectivity index (χ3n) is 3.16. The highest BCUT2D eigenvalue weighted by atomic mass is 35.5. The first-order valence-electron chi connectivity index (χ1n) is 6.93. The Balaban J connectivity index is 1.62. The van der Waals surface area contributed by atoms with Gasteiger partial charge in [-0.1, -0.05) is 23.7 Å². The SMILES string of the molecule is O=C(COC(=O)c1cc2cc(Cl)ccc2o1)Nc1ccccc1F. The number of esters is 1. The first-order chi connectivity index (χ1) is 11.5. The summed E-state index contributed by atoms with van der Waals surface area (Å²) in [6.07, 6.45) is 0. The number of amides is 1. The maximum Gasteiger partial charge on any atom is 0.374 e. The molecule has 0 aliphatic heterocycles. The second-order valence-electron chi connectivity index (χ2n) is 4.90. The summed E-state index contributed by atoms with van der Waals surface area (Å²) in [5.41, 5.74) is 0.485. The quantitative estimate of drug-likeness (QED) is 0.724. The van der Waals surface area contributed by atoms with Crippen LogP contribution in [0.15, 0.2) is 52.9 Å². The predicted molar refractivity (Wildman–Crippen MR) is 86.5 cm³/mol. The standard InChI is InChI=1S/C17H11ClFNO4/c18-11-5-6-14-10(7-11)8-15(24-14)17(22)23-9-16(21)20-13-4-2-1-3-12(13)19/h1-8H,9H2,(H,20,21). The van der Waals surface area contributed by atoms with Crippen LogP contribution in [0.2, 0.25) is 5.02 Å². The minimum Gasteiger partial charge on any atom is -0.450 e. The van der Waals surface area contributed by atoms with Crippen LogP contribution >= 0.6 is 11.6 Å². The van der Waals surface area contributed by atoms with Gasteiger partial charge in [0.15, 0.2) is 6.61 Å². The fourth-order valence-electron chi connectivity index (χ4n) is 2.07. The molecule has 5 nitrogen and oxygen atoms in total. The van der Waals surface area contributed by atoms with Gasteiger partial charge in [0, 0.05) is 10.4 Å². The number of hydrogen-bond acceptors (Lipinski definition) is 4. The second kappa shape index (κ2) is 6.72. The van der Waals surface area contributed by atoms with E-state index in [1.165, 1.54) is 24.3 Å². The van der Waals surface area contributed by atoms with Crippen LogP contribution in [0.3, 0.4) is 0 Å². The second-order valence-corrected chi connectivity index (χ2v) is 5.33. The van der Waals surface area contributed by atoms with Gasteiger partial charge in [-0.3, -0.25) is 4.79 Å². The molecule has 24 heavy (non-hydrogen) atoms. The largest absolute Gasteiger partial charge is 0.450 e. The highest BCUT2D eigenvalue weighted by molar-refractivity contribution is 6.31. The molecule has 0 radical (unpaired) electrons. The molecule has 3 aromatic rings. The fraction of sp³-hybridized carbons (Fsp3) is 0.0588. The zero-order valence-corrected chi connectivity index (χ0v) is 13.0. The number of para-hydroxylation sites is 1. The van der Waals surface area contributed by atoms with E-state index in [4.69, 9.17) is 20.8 Å². The van der Waals surface area contributed by atoms with Crippen LogP contribution in [-0.2, 0) is 9.53 Å². The van der Waals surface area contributed by atoms with Gasteiger partial charge in [0.25, 0.3) is 5.91 Å². The van der Waals surface area contributed by atoms with E-state index in [0.717, 1.165) is 0 Å². The number of ether oxygens (including phenoxy) is 1. The summed E-state index contributed by atoms with van der Waals surface area (Å²) >= 11 is 5.86. The van der Waals surface area contributed by atoms with Crippen molar-refractivity contribution in [3.8, 4) is 0 Å². The van der Waals surface area contributed by atoms with E-state index < -0.39 is 24.3 Å². The molecule has 0 aliphatic rings. The van der Waals surface area contributed by atoms with E-state index >= 15 is 0 Å². The van der Waals surface area contributed by atoms with Crippen molar-refractivity contribution >= 4 is 40.1 Å². The summed E-state index contributed by atoms with van der Waals surface area (Å²) in [5.74, 6) is -2.09. The third-order valence-corrected chi connectivity index (χ3v) is 3.40. The Labute approximate surface area is 141 Å². The molecule has 0 saturated heterocycles. The molecule has 0 atom stereocenters. The van der Waals surface area contributed by atoms with Crippen molar-refractivity contribution in [3.05, 3.63) is 65.1 Å². The van der Waals surface area contributed by atoms with E-state index in [2.05, 4.69) is 5.32 Å². The van der Waals surface area contributed by atoms with Gasteiger partial charge >= 0.3 is 5.97 Å². The summed E-state index contributed by atoms with van der Waals surface area (Å²) < 4.78 is 23.6. The molecule has 7 heteroatoms. The number of benzene rings is 2. The lowest BCUT2D eigenvalue weighted by Gasteiger charge is -2.06. The van der Waals surface area contributed by atoms with Crippen molar-refractivity contribution in [3.63, 3.8) is 0 Å². The lowest BCUT2D eigenvalue weighted by atomic mass is 10.2. The highest BCUT2D eigenvalue weighted by Gasteiger charge is 2.16. The topological polar surface area (TPSA) is 68.5 Å². The Kier molecular flexibility index (Phi) is 4.48. The van der Waals surface area contributed by atoms with Crippen molar-refractivity contribution in [2.75, 3.05) is 11.9 Å². The summed E-state index contributed by atoms with van der Waals surface area (Å²) in [4.78, 5) is 23.6. The van der Waals surface area contributed by atoms with Gasteiger partial charge in [0.05, 0.1) is 5.69 Å². The number of carbonyl (C=O) groups excluding carboxylic acids is 2. The fourth-order valence-corrected chi connectivity index (χ4v) is 2.25. The predicted octanol–water partition coefficient (Wildman–Crippen LogP) is 4.02. The van der Waals surface area contributed by atoms with Gasteiger partial charge in [-0.2, -0.15) is 0 Å². The number of anilines is 1. The lowest BCUT2D eigenvalue weighted by molar-refractivity contribution is -0.119. The van der Waals surface area contributed by atoms with Crippen molar-refractivity contribution in [2.24, 2.45) is 0 Å². The molecule has 1 amide bonds. The van der Waals surface area contributed by atoms with Crippen LogP contribution < -0.4 is 5.32 Å². The van der Waals surface area contributed by atoms with Crippen LogP contribution in [0.4, 0.5) is 10.1 Å². The zero-order chi connectivity index (χ0) is 17.1. The summed E-state index contributed by atoms with van der Waals surface area (Å²) in [5, 5.41) is 3.46. The van der Waals surface area contributed by atoms with Crippen molar-refractivity contribution in [2.45, 2.75) is 0 Å². The van der Waals surface area contributed by atoms with Gasteiger partial charge in [-0.05, 0) is 36.4 Å². The summed E-state index contributed by atoms with van der Waals surface area (Å²) in [6.45, 7) is -0.565. The van der Waals surface area contributed by atoms with Gasteiger partial charge in [0.1, 0.15) is 11.4 Å². The third kappa shape index (κ3) is 3.55. The van der Waals surface area contributed by atoms with Crippen LogP contribution in [0.5, 0.6) is 0 Å². The zero-order valence-electron chi connectivity index (χ0n) is 12.2. The van der Waals surface area contributed by atoms with Gasteiger partial charge in [-0.15, -0.1) is 0 Å². The smallest absolute Gasteiger partial charge is 0.374 e. The van der Waals surface area contributed by atoms with Crippen LogP contribution in [0.25, 0.3) is 11.0 Å². The first kappa shape index (κ1) is 16.0. The highest BCUT2D eigenvalue weighted by Crippen LogP contribution is 2.23. The van der Waals surface area contributed by atoms with Crippen molar-refractivity contribution in [1.82, 2.24) is 0 Å². The van der Waals surface area contributed by atoms with Crippen LogP contribution in [-0.4, -0.2) is 18.5 Å². The van der Waals surface area contributed by atoms with E-state index in [0.29, 0.717) is 16.0 Å². The molecule has 0 bridgehead atoms. The molecule has 1 heterocycles. The number of furan rings is 1. The first-order valence-corrected chi connectivity index (χ1v) is 7.31. The maximum absolute atomic E-state index is 13.4. The molecular weight excluding hydrogens is 337 g/mol. The molecule has 3 rings (SSSR count). The molecule has 122 valence electrons. The van der Waals surface area contributed by atoms with Crippen LogP contribution in [0, 0.1) is 5.82 Å². The molecule has 1 N–H and O–H groups in total. The summed E-state index contributed by atoms with van der Waals surface area (Å²) in [6, 6.07) is 12.0. The molecule has 0 spiro atoms. The number of halogens is 2. The molecule has 0 unspecified atom stereocenters. The van der Waals surface area contributed by atoms with E-state index in [1.807, 2.05) is 0 Å². The normalized spacial score (nSPS) is 10.6. The number of fused-ring (bicyclic) bond motifs is 1. The number of nitrogens with one attached hydrogen (secondary N) is 1. The van der Waals surface area contributed by atoms with Crippen molar-refractivity contribution in [1.29, 1.82) is 0 Å². The Bertz CT molecular complexity index is 922. The average molecular weight is 348 g/mol. The van der Waals surface area contributed by atoms with E-state index in [-0.39, 0.29) is 11.4 Å². The number of carbonyl (C=O) groups is 2. The van der Waals surface area contributed by atoms with Gasteiger partial charge < -0.3 is 14.5 Å². The average Bonchev–Trinajstić information content (AvgIpc) is 2.98. The van der Waals surface area contributed by atoms with Gasteiger partial charge in [0.2, 0.25) is 5.76 Å². The van der Waals surface area contributed by atoms with E-state index in [1.54, 1.807) is 24.3 Å². The minimum atomic E-state index is -0.800. The summed E-state index contributed by atoms with van der Waals surface area (Å²) in [7, 11) is 0.